The summed E-state index contributed by atoms with van der Waals surface area (Å²) < 4.78 is 0. The topological polar surface area (TPSA) is 32.3 Å². The van der Waals surface area contributed by atoms with E-state index in [1.54, 1.807) is 0 Å². The summed E-state index contributed by atoms with van der Waals surface area (Å²) in [5, 5.41) is 4.08. The molecule has 1 aliphatic rings. The Labute approximate surface area is 119 Å². The van der Waals surface area contributed by atoms with Crippen molar-refractivity contribution >= 4 is 17.5 Å². The number of halogens is 1. The van der Waals surface area contributed by atoms with Gasteiger partial charge in [-0.15, -0.1) is 0 Å². The normalized spacial score (nSPS) is 18.4. The van der Waals surface area contributed by atoms with E-state index < -0.39 is 0 Å². The van der Waals surface area contributed by atoms with Crippen LogP contribution in [0.25, 0.3) is 0 Å². The molecule has 104 valence electrons. The van der Waals surface area contributed by atoms with Crippen LogP contribution in [-0.2, 0) is 4.79 Å². The van der Waals surface area contributed by atoms with E-state index in [9.17, 15) is 4.79 Å². The van der Waals surface area contributed by atoms with Crippen LogP contribution in [0.2, 0.25) is 5.02 Å². The molecule has 1 heterocycles. The molecule has 0 unspecified atom stereocenters. The molecular weight excluding hydrogens is 260 g/mol. The number of hydrogen-bond donors (Lipinski definition) is 1. The average Bonchev–Trinajstić information content (AvgIpc) is 2.91. The van der Waals surface area contributed by atoms with E-state index in [-0.39, 0.29) is 18.0 Å². The van der Waals surface area contributed by atoms with E-state index in [0.717, 1.165) is 36.5 Å². The van der Waals surface area contributed by atoms with Crippen LogP contribution in [0.4, 0.5) is 0 Å². The summed E-state index contributed by atoms with van der Waals surface area (Å²) in [6.07, 6.45) is 2.25. The van der Waals surface area contributed by atoms with E-state index in [1.165, 1.54) is 0 Å². The fourth-order valence-electron chi connectivity index (χ4n) is 2.53. The number of rotatable bonds is 4. The molecule has 3 nitrogen and oxygen atoms in total. The summed E-state index contributed by atoms with van der Waals surface area (Å²) in [6.45, 7) is 5.79. The number of hydrogen-bond acceptors (Lipinski definition) is 2. The van der Waals surface area contributed by atoms with Gasteiger partial charge in [-0.05, 0) is 44.4 Å². The zero-order chi connectivity index (χ0) is 13.8. The summed E-state index contributed by atoms with van der Waals surface area (Å²) in [5.41, 5.74) is 1.11. The molecular formula is C15H21ClN2O. The maximum atomic E-state index is 12.2. The van der Waals surface area contributed by atoms with Gasteiger partial charge in [0.25, 0.3) is 0 Å². The molecule has 0 bridgehead atoms. The maximum absolute atomic E-state index is 12.2. The van der Waals surface area contributed by atoms with Gasteiger partial charge in [0, 0.05) is 24.2 Å². The molecule has 0 spiro atoms. The third-order valence-corrected chi connectivity index (χ3v) is 3.87. The molecule has 2 atom stereocenters. The lowest BCUT2D eigenvalue weighted by Crippen LogP contribution is -2.44. The Bertz CT molecular complexity index is 444. The summed E-state index contributed by atoms with van der Waals surface area (Å²) in [5.74, 6) is 0.200. The first-order chi connectivity index (χ1) is 9.08. The van der Waals surface area contributed by atoms with Crippen LogP contribution in [-0.4, -0.2) is 29.9 Å². The third-order valence-electron chi connectivity index (χ3n) is 3.64. The van der Waals surface area contributed by atoms with Crippen LogP contribution in [0.1, 0.15) is 38.3 Å². The van der Waals surface area contributed by atoms with Gasteiger partial charge in [-0.3, -0.25) is 10.1 Å². The first kappa shape index (κ1) is 14.4. The quantitative estimate of drug-likeness (QED) is 0.920. The number of amides is 1. The zero-order valence-corrected chi connectivity index (χ0v) is 12.3. The first-order valence-corrected chi connectivity index (χ1v) is 7.26. The molecule has 1 aromatic carbocycles. The van der Waals surface area contributed by atoms with Crippen LogP contribution >= 0.6 is 11.6 Å². The molecule has 2 rings (SSSR count). The van der Waals surface area contributed by atoms with Gasteiger partial charge in [0.15, 0.2) is 0 Å². The monoisotopic (exact) mass is 280 g/mol. The Balaban J connectivity index is 1.94. The molecule has 0 aliphatic carbocycles. The minimum Gasteiger partial charge on any atom is -0.341 e. The van der Waals surface area contributed by atoms with Crippen LogP contribution in [0.5, 0.6) is 0 Å². The number of carbonyl (C=O) groups is 1. The zero-order valence-electron chi connectivity index (χ0n) is 11.5. The molecule has 0 aromatic heterocycles. The van der Waals surface area contributed by atoms with Gasteiger partial charge in [-0.2, -0.15) is 0 Å². The molecule has 1 fully saturated rings. The van der Waals surface area contributed by atoms with E-state index in [2.05, 4.69) is 12.2 Å². The molecule has 1 aromatic rings. The van der Waals surface area contributed by atoms with Gasteiger partial charge in [0.1, 0.15) is 0 Å². The standard InChI is InChI=1S/C15H21ClN2O/c1-11(13-6-5-7-14(16)10-13)17-12(2)15(19)18-8-3-4-9-18/h5-7,10-12,17H,3-4,8-9H2,1-2H3/t11-,12+/m1/s1. The Kier molecular flexibility index (Phi) is 4.83. The van der Waals surface area contributed by atoms with Crippen molar-refractivity contribution in [3.8, 4) is 0 Å². The largest absolute Gasteiger partial charge is 0.341 e. The molecule has 19 heavy (non-hydrogen) atoms. The van der Waals surface area contributed by atoms with Crippen molar-refractivity contribution in [1.29, 1.82) is 0 Å². The van der Waals surface area contributed by atoms with Gasteiger partial charge in [0.05, 0.1) is 6.04 Å². The Morgan fingerprint density at radius 3 is 2.63 bits per heavy atom. The second-order valence-corrected chi connectivity index (χ2v) is 5.63. The molecule has 0 saturated carbocycles. The van der Waals surface area contributed by atoms with Gasteiger partial charge < -0.3 is 4.90 Å². The summed E-state index contributed by atoms with van der Waals surface area (Å²) in [4.78, 5) is 14.2. The molecule has 1 saturated heterocycles. The fraction of sp³-hybridized carbons (Fsp3) is 0.533. The Hall–Kier alpha value is -1.06. The number of nitrogens with one attached hydrogen (secondary N) is 1. The highest BCUT2D eigenvalue weighted by molar-refractivity contribution is 6.30. The van der Waals surface area contributed by atoms with Crippen molar-refractivity contribution in [3.05, 3.63) is 34.9 Å². The summed E-state index contributed by atoms with van der Waals surface area (Å²) >= 11 is 5.99. The van der Waals surface area contributed by atoms with Gasteiger partial charge in [-0.1, -0.05) is 23.7 Å². The SMILES string of the molecule is C[C@H](N[C@H](C)c1cccc(Cl)c1)C(=O)N1CCCC1. The van der Waals surface area contributed by atoms with Crippen LogP contribution in [0, 0.1) is 0 Å². The van der Waals surface area contributed by atoms with Gasteiger partial charge >= 0.3 is 0 Å². The van der Waals surface area contributed by atoms with Crippen LogP contribution in [0.3, 0.4) is 0 Å². The number of benzene rings is 1. The second-order valence-electron chi connectivity index (χ2n) is 5.20. The lowest BCUT2D eigenvalue weighted by molar-refractivity contribution is -0.132. The highest BCUT2D eigenvalue weighted by Crippen LogP contribution is 2.18. The molecule has 0 radical (unpaired) electrons. The van der Waals surface area contributed by atoms with E-state index in [1.807, 2.05) is 36.1 Å². The van der Waals surface area contributed by atoms with Gasteiger partial charge in [0.2, 0.25) is 5.91 Å². The van der Waals surface area contributed by atoms with Crippen molar-refractivity contribution in [2.24, 2.45) is 0 Å². The Morgan fingerprint density at radius 1 is 1.32 bits per heavy atom. The maximum Gasteiger partial charge on any atom is 0.239 e. The van der Waals surface area contributed by atoms with Crippen molar-refractivity contribution in [1.82, 2.24) is 10.2 Å². The summed E-state index contributed by atoms with van der Waals surface area (Å²) in [6, 6.07) is 7.70. The van der Waals surface area contributed by atoms with E-state index in [4.69, 9.17) is 11.6 Å². The smallest absolute Gasteiger partial charge is 0.239 e. The predicted molar refractivity (Wildman–Crippen MR) is 78.3 cm³/mol. The van der Waals surface area contributed by atoms with Gasteiger partial charge in [-0.25, -0.2) is 0 Å². The number of likely N-dealkylation sites (tertiary alicyclic amines) is 1. The minimum absolute atomic E-state index is 0.111. The fourth-order valence-corrected chi connectivity index (χ4v) is 2.73. The second kappa shape index (κ2) is 6.40. The first-order valence-electron chi connectivity index (χ1n) is 6.88. The van der Waals surface area contributed by atoms with E-state index >= 15 is 0 Å². The molecule has 1 N–H and O–H groups in total. The molecule has 4 heteroatoms. The average molecular weight is 281 g/mol. The highest BCUT2D eigenvalue weighted by atomic mass is 35.5. The number of nitrogens with zero attached hydrogens (tertiary/aromatic N) is 1. The van der Waals surface area contributed by atoms with E-state index in [0.29, 0.717) is 0 Å². The number of carbonyl (C=O) groups excluding carboxylic acids is 1. The Morgan fingerprint density at radius 2 is 2.00 bits per heavy atom. The molecule has 1 aliphatic heterocycles. The van der Waals surface area contributed by atoms with Crippen molar-refractivity contribution in [3.63, 3.8) is 0 Å². The third kappa shape index (κ3) is 3.71. The molecule has 1 amide bonds. The predicted octanol–water partition coefficient (Wildman–Crippen LogP) is 3.00. The van der Waals surface area contributed by atoms with Crippen molar-refractivity contribution < 1.29 is 4.79 Å². The summed E-state index contributed by atoms with van der Waals surface area (Å²) in [7, 11) is 0. The highest BCUT2D eigenvalue weighted by Gasteiger charge is 2.24. The lowest BCUT2D eigenvalue weighted by Gasteiger charge is -2.24. The van der Waals surface area contributed by atoms with Crippen molar-refractivity contribution in [2.75, 3.05) is 13.1 Å². The van der Waals surface area contributed by atoms with Crippen LogP contribution < -0.4 is 5.32 Å². The lowest BCUT2D eigenvalue weighted by atomic mass is 10.1. The van der Waals surface area contributed by atoms with Crippen molar-refractivity contribution in [2.45, 2.75) is 38.8 Å². The van der Waals surface area contributed by atoms with Crippen LogP contribution in [0.15, 0.2) is 24.3 Å². The minimum atomic E-state index is -0.160.